The predicted octanol–water partition coefficient (Wildman–Crippen LogP) is 5.15. The molecule has 0 fully saturated rings. The van der Waals surface area contributed by atoms with E-state index in [-0.39, 0.29) is 27.1 Å². The van der Waals surface area contributed by atoms with Crippen molar-refractivity contribution >= 4 is 39.7 Å². The molecule has 0 aliphatic heterocycles. The zero-order valence-electron chi connectivity index (χ0n) is 20.2. The Hall–Kier alpha value is -4.51. The average molecular weight is 539 g/mol. The summed E-state index contributed by atoms with van der Waals surface area (Å²) in [6.07, 6.45) is 0. The molecule has 0 saturated heterocycles. The Morgan fingerprint density at radius 3 is 2.21 bits per heavy atom. The molecule has 0 spiro atoms. The molecular weight excluding hydrogens is 514 g/mol. The van der Waals surface area contributed by atoms with Crippen molar-refractivity contribution in [1.82, 2.24) is 4.98 Å². The molecule has 0 saturated carbocycles. The van der Waals surface area contributed by atoms with Crippen LogP contribution in [-0.4, -0.2) is 29.3 Å². The lowest BCUT2D eigenvalue weighted by molar-refractivity contribution is -0.118. The van der Waals surface area contributed by atoms with Gasteiger partial charge in [-0.1, -0.05) is 41.7 Å². The predicted molar refractivity (Wildman–Crippen MR) is 141 cm³/mol. The van der Waals surface area contributed by atoms with Gasteiger partial charge in [-0.15, -0.1) is 0 Å². The molecule has 0 bridgehead atoms. The van der Waals surface area contributed by atoms with E-state index in [1.807, 2.05) is 30.3 Å². The summed E-state index contributed by atoms with van der Waals surface area (Å²) < 4.78 is 35.0. The van der Waals surface area contributed by atoms with Crippen LogP contribution in [0.2, 0.25) is 0 Å². The molecule has 0 unspecified atom stereocenters. The summed E-state index contributed by atoms with van der Waals surface area (Å²) in [7, 11) is 0. The van der Waals surface area contributed by atoms with Crippen LogP contribution < -0.4 is 25.8 Å². The lowest BCUT2D eigenvalue weighted by atomic mass is 10.1. The van der Waals surface area contributed by atoms with Gasteiger partial charge in [0.2, 0.25) is 11.7 Å². The Morgan fingerprint density at radius 2 is 1.61 bits per heavy atom. The van der Waals surface area contributed by atoms with E-state index in [0.29, 0.717) is 18.0 Å². The number of primary amides is 1. The Kier molecular flexibility index (Phi) is 8.17. The third-order valence-electron chi connectivity index (χ3n) is 5.56. The number of benzene rings is 3. The number of hydrogen-bond acceptors (Lipinski definition) is 8. The van der Waals surface area contributed by atoms with E-state index < -0.39 is 24.3 Å². The minimum Gasteiger partial charge on any atom is -0.489 e. The van der Waals surface area contributed by atoms with E-state index in [1.165, 1.54) is 24.3 Å². The molecule has 0 radical (unpaired) electrons. The highest BCUT2D eigenvalue weighted by molar-refractivity contribution is 7.18. The third-order valence-corrected chi connectivity index (χ3v) is 6.63. The van der Waals surface area contributed by atoms with Crippen LogP contribution in [0.4, 0.5) is 25.4 Å². The summed E-state index contributed by atoms with van der Waals surface area (Å²) in [6.45, 7) is -0.965. The molecule has 1 heterocycles. The standard InChI is InChI=1S/C27H24F2N4O4S/c1-16(25(31)35)33(19-9-13-20(14-10-19)36-15-17-5-3-2-4-6-17)27-32-24(30)23(38-27)22(34)18-7-11-21(12-8-18)37-26(28)29/h2-14,16,26H,15,30H2,1H3,(H2,31,35)/t16-/m1/s1. The van der Waals surface area contributed by atoms with Crippen LogP contribution in [0, 0.1) is 0 Å². The number of anilines is 3. The molecule has 0 aliphatic carbocycles. The van der Waals surface area contributed by atoms with Crippen LogP contribution in [-0.2, 0) is 11.4 Å². The molecular formula is C27H24F2N4O4S. The van der Waals surface area contributed by atoms with Crippen molar-refractivity contribution in [1.29, 1.82) is 0 Å². The summed E-state index contributed by atoms with van der Waals surface area (Å²) >= 11 is 0.988. The number of nitrogens with two attached hydrogens (primary N) is 2. The number of thiazole rings is 1. The first-order valence-electron chi connectivity index (χ1n) is 11.4. The van der Waals surface area contributed by atoms with Crippen LogP contribution in [0.25, 0.3) is 0 Å². The minimum atomic E-state index is -2.97. The number of nitrogen functional groups attached to an aromatic ring is 1. The molecule has 1 aromatic heterocycles. The van der Waals surface area contributed by atoms with Gasteiger partial charge in [-0.3, -0.25) is 9.59 Å². The number of nitrogens with zero attached hydrogens (tertiary/aromatic N) is 2. The molecule has 3 aromatic carbocycles. The van der Waals surface area contributed by atoms with Crippen molar-refractivity contribution in [3.63, 3.8) is 0 Å². The maximum absolute atomic E-state index is 13.1. The number of carbonyl (C=O) groups is 2. The van der Waals surface area contributed by atoms with E-state index >= 15 is 0 Å². The van der Waals surface area contributed by atoms with Crippen LogP contribution in [0.15, 0.2) is 78.9 Å². The second-order valence-electron chi connectivity index (χ2n) is 8.16. The van der Waals surface area contributed by atoms with Gasteiger partial charge in [-0.2, -0.15) is 8.78 Å². The zero-order chi connectivity index (χ0) is 27.2. The first-order valence-corrected chi connectivity index (χ1v) is 12.3. The Bertz CT molecular complexity index is 1400. The lowest BCUT2D eigenvalue weighted by Crippen LogP contribution is -2.39. The van der Waals surface area contributed by atoms with Crippen LogP contribution >= 0.6 is 11.3 Å². The summed E-state index contributed by atoms with van der Waals surface area (Å²) in [5.74, 6) is -0.547. The van der Waals surface area contributed by atoms with Gasteiger partial charge in [0.15, 0.2) is 5.13 Å². The van der Waals surface area contributed by atoms with Crippen LogP contribution in [0.1, 0.15) is 27.7 Å². The molecule has 4 aromatic rings. The van der Waals surface area contributed by atoms with Crippen molar-refractivity contribution in [2.24, 2.45) is 5.73 Å². The number of ether oxygens (including phenoxy) is 2. The highest BCUT2D eigenvalue weighted by atomic mass is 32.1. The van der Waals surface area contributed by atoms with Crippen molar-refractivity contribution in [3.8, 4) is 11.5 Å². The normalized spacial score (nSPS) is 11.7. The lowest BCUT2D eigenvalue weighted by Gasteiger charge is -2.26. The van der Waals surface area contributed by atoms with Crippen molar-refractivity contribution in [2.75, 3.05) is 10.6 Å². The molecule has 196 valence electrons. The van der Waals surface area contributed by atoms with E-state index in [0.717, 1.165) is 16.9 Å². The van der Waals surface area contributed by atoms with E-state index in [9.17, 15) is 18.4 Å². The van der Waals surface area contributed by atoms with Crippen molar-refractivity contribution in [2.45, 2.75) is 26.2 Å². The first-order chi connectivity index (χ1) is 18.2. The van der Waals surface area contributed by atoms with Gasteiger partial charge in [0.25, 0.3) is 0 Å². The van der Waals surface area contributed by atoms with Crippen molar-refractivity contribution in [3.05, 3.63) is 94.9 Å². The third kappa shape index (κ3) is 6.24. The van der Waals surface area contributed by atoms with E-state index in [2.05, 4.69) is 9.72 Å². The van der Waals surface area contributed by atoms with Gasteiger partial charge in [0, 0.05) is 11.3 Å². The molecule has 4 rings (SSSR count). The van der Waals surface area contributed by atoms with Crippen molar-refractivity contribution < 1.29 is 27.8 Å². The fourth-order valence-corrected chi connectivity index (χ4v) is 4.62. The molecule has 0 aliphatic rings. The Morgan fingerprint density at radius 1 is 0.974 bits per heavy atom. The fourth-order valence-electron chi connectivity index (χ4n) is 3.58. The summed E-state index contributed by atoms with van der Waals surface area (Å²) in [5, 5.41) is 0.285. The van der Waals surface area contributed by atoms with Gasteiger partial charge in [-0.05, 0) is 61.0 Å². The molecule has 1 amide bonds. The number of hydrogen-bond donors (Lipinski definition) is 2. The smallest absolute Gasteiger partial charge is 0.387 e. The molecule has 11 heteroatoms. The number of amides is 1. The highest BCUT2D eigenvalue weighted by Crippen LogP contribution is 2.36. The van der Waals surface area contributed by atoms with Crippen LogP contribution in [0.5, 0.6) is 11.5 Å². The minimum absolute atomic E-state index is 0.0348. The number of rotatable bonds is 11. The van der Waals surface area contributed by atoms with Crippen LogP contribution in [0.3, 0.4) is 0 Å². The van der Waals surface area contributed by atoms with Gasteiger partial charge in [-0.25, -0.2) is 4.98 Å². The Labute approximate surface area is 221 Å². The summed E-state index contributed by atoms with van der Waals surface area (Å²) in [4.78, 5) is 31.3. The second kappa shape index (κ2) is 11.7. The molecule has 38 heavy (non-hydrogen) atoms. The zero-order valence-corrected chi connectivity index (χ0v) is 21.0. The number of carbonyl (C=O) groups excluding carboxylic acids is 2. The summed E-state index contributed by atoms with van der Waals surface area (Å²) in [5.41, 5.74) is 13.5. The number of alkyl halides is 2. The average Bonchev–Trinajstić information content (AvgIpc) is 3.29. The first kappa shape index (κ1) is 26.6. The fraction of sp³-hybridized carbons (Fsp3) is 0.148. The number of ketones is 1. The number of aromatic nitrogens is 1. The number of halogens is 2. The molecule has 8 nitrogen and oxygen atoms in total. The SMILES string of the molecule is C[C@H](C(N)=O)N(c1ccc(OCc2ccccc2)cc1)c1nc(N)c(C(=O)c2ccc(OC(F)F)cc2)s1. The van der Waals surface area contributed by atoms with E-state index in [1.54, 1.807) is 36.1 Å². The van der Waals surface area contributed by atoms with E-state index in [4.69, 9.17) is 16.2 Å². The molecule has 1 atom stereocenters. The van der Waals surface area contributed by atoms with Gasteiger partial charge in [0.1, 0.15) is 34.8 Å². The largest absolute Gasteiger partial charge is 0.489 e. The molecule has 4 N–H and O–H groups in total. The maximum Gasteiger partial charge on any atom is 0.387 e. The topological polar surface area (TPSA) is 121 Å². The Balaban J connectivity index is 1.57. The summed E-state index contributed by atoms with van der Waals surface area (Å²) in [6, 6.07) is 21.2. The van der Waals surface area contributed by atoms with Gasteiger partial charge < -0.3 is 25.8 Å². The highest BCUT2D eigenvalue weighted by Gasteiger charge is 2.27. The van der Waals surface area contributed by atoms with Gasteiger partial charge in [0.05, 0.1) is 0 Å². The quantitative estimate of drug-likeness (QED) is 0.253. The maximum atomic E-state index is 13.1. The monoisotopic (exact) mass is 538 g/mol. The van der Waals surface area contributed by atoms with Gasteiger partial charge >= 0.3 is 6.61 Å². The second-order valence-corrected chi connectivity index (χ2v) is 9.14.